The van der Waals surface area contributed by atoms with E-state index in [1.165, 1.54) is 19.9 Å². The van der Waals surface area contributed by atoms with Crippen LogP contribution >= 0.6 is 0 Å². The van der Waals surface area contributed by atoms with Crippen LogP contribution in [0, 0.1) is 5.41 Å². The van der Waals surface area contributed by atoms with Gasteiger partial charge in [-0.15, -0.1) is 0 Å². The molecule has 0 spiro atoms. The van der Waals surface area contributed by atoms with Gasteiger partial charge in [0.2, 0.25) is 10.0 Å². The molecule has 17 heavy (non-hydrogen) atoms. The van der Waals surface area contributed by atoms with E-state index in [2.05, 4.69) is 17.0 Å². The van der Waals surface area contributed by atoms with Crippen molar-refractivity contribution in [1.29, 1.82) is 0 Å². The first-order valence-corrected chi connectivity index (χ1v) is 7.21. The van der Waals surface area contributed by atoms with Gasteiger partial charge in [0.05, 0.1) is 4.90 Å². The number of benzene rings is 1. The summed E-state index contributed by atoms with van der Waals surface area (Å²) in [4.78, 5) is 0.295. The summed E-state index contributed by atoms with van der Waals surface area (Å²) in [6.45, 7) is 3.20. The van der Waals surface area contributed by atoms with E-state index in [0.29, 0.717) is 10.3 Å². The fraction of sp³-hybridized carbons (Fsp3) is 0.500. The van der Waals surface area contributed by atoms with Gasteiger partial charge in [-0.3, -0.25) is 0 Å². The molecule has 0 unspecified atom stereocenters. The Morgan fingerprint density at radius 2 is 1.82 bits per heavy atom. The van der Waals surface area contributed by atoms with Gasteiger partial charge >= 0.3 is 0 Å². The van der Waals surface area contributed by atoms with Crippen molar-refractivity contribution in [3.63, 3.8) is 0 Å². The third kappa shape index (κ3) is 2.98. The summed E-state index contributed by atoms with van der Waals surface area (Å²) in [5.41, 5.74) is 1.41. The zero-order chi connectivity index (χ0) is 12.5. The Labute approximate surface area is 102 Å². The van der Waals surface area contributed by atoms with Crippen LogP contribution in [0.25, 0.3) is 0 Å². The van der Waals surface area contributed by atoms with Gasteiger partial charge in [-0.1, -0.05) is 6.92 Å². The molecule has 1 fully saturated rings. The second-order valence-electron chi connectivity index (χ2n) is 4.90. The van der Waals surface area contributed by atoms with Gasteiger partial charge in [-0.25, -0.2) is 13.1 Å². The molecule has 0 bridgehead atoms. The highest BCUT2D eigenvalue weighted by atomic mass is 32.2. The largest absolute Gasteiger partial charge is 0.384 e. The Hall–Kier alpha value is -1.07. The minimum Gasteiger partial charge on any atom is -0.384 e. The Balaban J connectivity index is 2.03. The minimum absolute atomic E-state index is 0.295. The van der Waals surface area contributed by atoms with E-state index in [0.717, 1.165) is 12.2 Å². The molecule has 0 saturated heterocycles. The highest BCUT2D eigenvalue weighted by Crippen LogP contribution is 2.44. The zero-order valence-corrected chi connectivity index (χ0v) is 11.0. The normalized spacial score (nSPS) is 17.8. The van der Waals surface area contributed by atoms with Gasteiger partial charge in [0.25, 0.3) is 0 Å². The molecule has 1 aromatic rings. The molecule has 1 aliphatic rings. The summed E-state index contributed by atoms with van der Waals surface area (Å²) in [5.74, 6) is 0. The van der Waals surface area contributed by atoms with E-state index in [1.54, 1.807) is 24.3 Å². The van der Waals surface area contributed by atoms with E-state index in [4.69, 9.17) is 0 Å². The smallest absolute Gasteiger partial charge is 0.240 e. The van der Waals surface area contributed by atoms with E-state index in [9.17, 15) is 8.42 Å². The van der Waals surface area contributed by atoms with Gasteiger partial charge in [0.1, 0.15) is 0 Å². The standard InChI is InChI=1S/C12H18N2O2S/c1-12(7-8-12)9-14-10-3-5-11(6-4-10)17(15,16)13-2/h3-6,13-14H,7-9H2,1-2H3. The average molecular weight is 254 g/mol. The molecule has 0 aliphatic heterocycles. The number of nitrogens with one attached hydrogen (secondary N) is 2. The van der Waals surface area contributed by atoms with Crippen LogP contribution in [0.3, 0.4) is 0 Å². The SMILES string of the molecule is CNS(=O)(=O)c1ccc(NCC2(C)CC2)cc1. The first-order chi connectivity index (χ1) is 7.95. The Morgan fingerprint density at radius 3 is 2.29 bits per heavy atom. The third-order valence-electron chi connectivity index (χ3n) is 3.26. The minimum atomic E-state index is -3.32. The quantitative estimate of drug-likeness (QED) is 0.842. The molecule has 1 saturated carbocycles. The second kappa shape index (κ2) is 4.31. The van der Waals surface area contributed by atoms with Crippen molar-refractivity contribution in [1.82, 2.24) is 4.72 Å². The van der Waals surface area contributed by atoms with Crippen molar-refractivity contribution in [2.75, 3.05) is 18.9 Å². The molecule has 0 aromatic heterocycles. The summed E-state index contributed by atoms with van der Waals surface area (Å²) in [6, 6.07) is 6.83. The molecule has 2 rings (SSSR count). The molecule has 1 aliphatic carbocycles. The Kier molecular flexibility index (Phi) is 3.14. The maximum absolute atomic E-state index is 11.5. The topological polar surface area (TPSA) is 58.2 Å². The molecule has 0 radical (unpaired) electrons. The summed E-state index contributed by atoms with van der Waals surface area (Å²) >= 11 is 0. The lowest BCUT2D eigenvalue weighted by Gasteiger charge is -2.11. The van der Waals surface area contributed by atoms with Crippen molar-refractivity contribution in [3.05, 3.63) is 24.3 Å². The van der Waals surface area contributed by atoms with E-state index >= 15 is 0 Å². The van der Waals surface area contributed by atoms with Gasteiger partial charge in [-0.05, 0) is 49.6 Å². The monoisotopic (exact) mass is 254 g/mol. The molecule has 2 N–H and O–H groups in total. The second-order valence-corrected chi connectivity index (χ2v) is 6.78. The maximum Gasteiger partial charge on any atom is 0.240 e. The van der Waals surface area contributed by atoms with Gasteiger partial charge in [0, 0.05) is 12.2 Å². The van der Waals surface area contributed by atoms with Crippen LogP contribution in [0.15, 0.2) is 29.2 Å². The molecule has 0 amide bonds. The predicted molar refractivity (Wildman–Crippen MR) is 68.5 cm³/mol. The lowest BCUT2D eigenvalue weighted by molar-refractivity contribution is 0.588. The molecular formula is C12H18N2O2S. The highest BCUT2D eigenvalue weighted by Gasteiger charge is 2.36. The lowest BCUT2D eigenvalue weighted by atomic mass is 10.1. The number of anilines is 1. The van der Waals surface area contributed by atoms with Crippen LogP contribution in [0.4, 0.5) is 5.69 Å². The Bertz CT molecular complexity index is 490. The van der Waals surface area contributed by atoms with E-state index in [-0.39, 0.29) is 0 Å². The van der Waals surface area contributed by atoms with Crippen molar-refractivity contribution in [2.45, 2.75) is 24.7 Å². The number of rotatable bonds is 5. The van der Waals surface area contributed by atoms with Crippen LogP contribution in [-0.4, -0.2) is 22.0 Å². The molecule has 4 nitrogen and oxygen atoms in total. The van der Waals surface area contributed by atoms with E-state index < -0.39 is 10.0 Å². The van der Waals surface area contributed by atoms with Crippen LogP contribution in [-0.2, 0) is 10.0 Å². The third-order valence-corrected chi connectivity index (χ3v) is 4.69. The van der Waals surface area contributed by atoms with Crippen LogP contribution < -0.4 is 10.0 Å². The zero-order valence-electron chi connectivity index (χ0n) is 10.2. The fourth-order valence-corrected chi connectivity index (χ4v) is 2.31. The summed E-state index contributed by atoms with van der Waals surface area (Å²) in [6.07, 6.45) is 2.54. The molecule has 5 heteroatoms. The fourth-order valence-electron chi connectivity index (χ4n) is 1.58. The van der Waals surface area contributed by atoms with Crippen molar-refractivity contribution in [2.24, 2.45) is 5.41 Å². The Morgan fingerprint density at radius 1 is 1.24 bits per heavy atom. The predicted octanol–water partition coefficient (Wildman–Crippen LogP) is 1.81. The van der Waals surface area contributed by atoms with E-state index in [1.807, 2.05) is 0 Å². The van der Waals surface area contributed by atoms with Crippen LogP contribution in [0.1, 0.15) is 19.8 Å². The van der Waals surface area contributed by atoms with Crippen molar-refractivity contribution >= 4 is 15.7 Å². The number of hydrogen-bond donors (Lipinski definition) is 2. The van der Waals surface area contributed by atoms with Crippen molar-refractivity contribution < 1.29 is 8.42 Å². The van der Waals surface area contributed by atoms with Crippen LogP contribution in [0.2, 0.25) is 0 Å². The first-order valence-electron chi connectivity index (χ1n) is 5.73. The van der Waals surface area contributed by atoms with Gasteiger partial charge in [0.15, 0.2) is 0 Å². The summed E-state index contributed by atoms with van der Waals surface area (Å²) < 4.78 is 25.3. The maximum atomic E-state index is 11.5. The average Bonchev–Trinajstić information content (AvgIpc) is 3.06. The number of hydrogen-bond acceptors (Lipinski definition) is 3. The number of sulfonamides is 1. The van der Waals surface area contributed by atoms with Crippen LogP contribution in [0.5, 0.6) is 0 Å². The highest BCUT2D eigenvalue weighted by molar-refractivity contribution is 7.89. The lowest BCUT2D eigenvalue weighted by Crippen LogP contribution is -2.18. The molecule has 94 valence electrons. The van der Waals surface area contributed by atoms with Crippen molar-refractivity contribution in [3.8, 4) is 0 Å². The molecule has 0 heterocycles. The first kappa shape index (κ1) is 12.4. The molecule has 0 atom stereocenters. The summed E-state index contributed by atoms with van der Waals surface area (Å²) in [5, 5.41) is 3.33. The molecule has 1 aromatic carbocycles. The summed E-state index contributed by atoms with van der Waals surface area (Å²) in [7, 11) is -1.91. The molecular weight excluding hydrogens is 236 g/mol. The van der Waals surface area contributed by atoms with Gasteiger partial charge < -0.3 is 5.32 Å². The van der Waals surface area contributed by atoms with Gasteiger partial charge in [-0.2, -0.15) is 0 Å².